The Morgan fingerprint density at radius 3 is 2.46 bits per heavy atom. The summed E-state index contributed by atoms with van der Waals surface area (Å²) in [5.74, 6) is -0.191. The van der Waals surface area contributed by atoms with E-state index in [1.54, 1.807) is 13.8 Å². The van der Waals surface area contributed by atoms with Crippen LogP contribution in [0.4, 0.5) is 0 Å². The van der Waals surface area contributed by atoms with Crippen molar-refractivity contribution in [2.45, 2.75) is 65.0 Å². The van der Waals surface area contributed by atoms with Gasteiger partial charge in [-0.05, 0) is 44.2 Å². The minimum absolute atomic E-state index is 0.0645. The zero-order valence-corrected chi connectivity index (χ0v) is 14.8. The Labute approximate surface area is 144 Å². The normalized spacial score (nSPS) is 18.8. The van der Waals surface area contributed by atoms with Crippen LogP contribution < -0.4 is 5.32 Å². The maximum absolute atomic E-state index is 13.0. The maximum atomic E-state index is 13.0. The third kappa shape index (κ3) is 3.47. The van der Waals surface area contributed by atoms with Gasteiger partial charge >= 0.3 is 0 Å². The molecule has 0 bridgehead atoms. The van der Waals surface area contributed by atoms with Crippen LogP contribution in [0.2, 0.25) is 0 Å². The molecule has 130 valence electrons. The van der Waals surface area contributed by atoms with Crippen molar-refractivity contribution in [3.63, 3.8) is 0 Å². The number of nitrogens with one attached hydrogen (secondary N) is 1. The molecule has 0 unspecified atom stereocenters. The molecule has 4 nitrogen and oxygen atoms in total. The molecule has 0 aromatic heterocycles. The highest BCUT2D eigenvalue weighted by Gasteiger charge is 2.40. The highest BCUT2D eigenvalue weighted by Crippen LogP contribution is 2.26. The van der Waals surface area contributed by atoms with Crippen LogP contribution in [0.3, 0.4) is 0 Å². The number of carbonyl (C=O) groups is 2. The molecule has 1 aliphatic carbocycles. The molecule has 3 rings (SSSR count). The lowest BCUT2D eigenvalue weighted by Gasteiger charge is -2.35. The lowest BCUT2D eigenvalue weighted by atomic mass is 9.87. The molecule has 1 heterocycles. The van der Waals surface area contributed by atoms with Gasteiger partial charge in [0.15, 0.2) is 0 Å². The number of amides is 2. The molecular formula is C20H28N2O2. The van der Waals surface area contributed by atoms with E-state index in [-0.39, 0.29) is 17.9 Å². The molecule has 0 saturated heterocycles. The third-order valence-corrected chi connectivity index (χ3v) is 5.46. The summed E-state index contributed by atoms with van der Waals surface area (Å²) in [4.78, 5) is 27.5. The van der Waals surface area contributed by atoms with Crippen molar-refractivity contribution in [3.05, 3.63) is 35.4 Å². The van der Waals surface area contributed by atoms with Crippen molar-refractivity contribution in [1.29, 1.82) is 0 Å². The number of hydrogen-bond acceptors (Lipinski definition) is 2. The molecule has 0 radical (unpaired) electrons. The van der Waals surface area contributed by atoms with Crippen molar-refractivity contribution in [1.82, 2.24) is 10.2 Å². The molecule has 0 spiro atoms. The van der Waals surface area contributed by atoms with E-state index in [0.29, 0.717) is 13.1 Å². The molecular weight excluding hydrogens is 300 g/mol. The molecule has 1 aromatic rings. The zero-order chi connectivity index (χ0) is 17.2. The Hall–Kier alpha value is -1.84. The average Bonchev–Trinajstić information content (AvgIpc) is 2.61. The molecule has 1 N–H and O–H groups in total. The number of nitrogens with zero attached hydrogens (tertiary/aromatic N) is 1. The number of rotatable bonds is 3. The first-order valence-electron chi connectivity index (χ1n) is 9.15. The van der Waals surface area contributed by atoms with Crippen molar-refractivity contribution >= 4 is 11.8 Å². The predicted octanol–water partition coefficient (Wildman–Crippen LogP) is 3.05. The van der Waals surface area contributed by atoms with Crippen LogP contribution in [0.15, 0.2) is 24.3 Å². The summed E-state index contributed by atoms with van der Waals surface area (Å²) < 4.78 is 0. The van der Waals surface area contributed by atoms with Gasteiger partial charge in [-0.25, -0.2) is 0 Å². The fraction of sp³-hybridized carbons (Fsp3) is 0.600. The van der Waals surface area contributed by atoms with Crippen LogP contribution in [-0.4, -0.2) is 29.3 Å². The largest absolute Gasteiger partial charge is 0.352 e. The molecule has 2 aliphatic rings. The standard InChI is InChI=1S/C20H28N2O2/c1-20(2,18(23)21-17-10-4-3-5-11-17)19(24)22-13-12-15-8-6-7-9-16(15)14-22/h6-9,17H,3-5,10-14H2,1-2H3,(H,21,23). The smallest absolute Gasteiger partial charge is 0.238 e. The fourth-order valence-electron chi connectivity index (χ4n) is 3.77. The zero-order valence-electron chi connectivity index (χ0n) is 14.8. The summed E-state index contributed by atoms with van der Waals surface area (Å²) in [6.45, 7) is 4.81. The first kappa shape index (κ1) is 17.0. The van der Waals surface area contributed by atoms with Gasteiger partial charge in [0, 0.05) is 19.1 Å². The van der Waals surface area contributed by atoms with Gasteiger partial charge in [0.2, 0.25) is 11.8 Å². The molecule has 0 atom stereocenters. The molecule has 1 fully saturated rings. The van der Waals surface area contributed by atoms with E-state index < -0.39 is 5.41 Å². The lowest BCUT2D eigenvalue weighted by Crippen LogP contribution is -2.52. The van der Waals surface area contributed by atoms with Crippen LogP contribution in [-0.2, 0) is 22.6 Å². The van der Waals surface area contributed by atoms with Gasteiger partial charge in [-0.1, -0.05) is 43.5 Å². The monoisotopic (exact) mass is 328 g/mol. The maximum Gasteiger partial charge on any atom is 0.238 e. The fourth-order valence-corrected chi connectivity index (χ4v) is 3.77. The Balaban J connectivity index is 1.65. The second-order valence-electron chi connectivity index (χ2n) is 7.68. The first-order valence-corrected chi connectivity index (χ1v) is 9.15. The third-order valence-electron chi connectivity index (χ3n) is 5.46. The van der Waals surface area contributed by atoms with Gasteiger partial charge in [-0.15, -0.1) is 0 Å². The number of fused-ring (bicyclic) bond motifs is 1. The van der Waals surface area contributed by atoms with E-state index in [1.807, 2.05) is 17.0 Å². The molecule has 4 heteroatoms. The van der Waals surface area contributed by atoms with E-state index in [9.17, 15) is 9.59 Å². The lowest BCUT2D eigenvalue weighted by molar-refractivity contribution is -0.149. The quantitative estimate of drug-likeness (QED) is 0.867. The summed E-state index contributed by atoms with van der Waals surface area (Å²) in [7, 11) is 0. The van der Waals surface area contributed by atoms with Crippen molar-refractivity contribution in [3.8, 4) is 0 Å². The molecule has 1 aromatic carbocycles. The Kier molecular flexibility index (Phi) is 4.93. The first-order chi connectivity index (χ1) is 11.5. The highest BCUT2D eigenvalue weighted by atomic mass is 16.2. The SMILES string of the molecule is CC(C)(C(=O)NC1CCCCC1)C(=O)N1CCc2ccccc2C1. The average molecular weight is 328 g/mol. The van der Waals surface area contributed by atoms with Gasteiger partial charge in [-0.3, -0.25) is 9.59 Å². The van der Waals surface area contributed by atoms with Gasteiger partial charge in [0.1, 0.15) is 5.41 Å². The van der Waals surface area contributed by atoms with Crippen molar-refractivity contribution in [2.75, 3.05) is 6.54 Å². The molecule has 2 amide bonds. The number of hydrogen-bond donors (Lipinski definition) is 1. The molecule has 24 heavy (non-hydrogen) atoms. The van der Waals surface area contributed by atoms with Crippen molar-refractivity contribution < 1.29 is 9.59 Å². The van der Waals surface area contributed by atoms with Crippen LogP contribution >= 0.6 is 0 Å². The van der Waals surface area contributed by atoms with E-state index in [4.69, 9.17) is 0 Å². The Bertz CT molecular complexity index is 618. The second-order valence-corrected chi connectivity index (χ2v) is 7.68. The van der Waals surface area contributed by atoms with Gasteiger partial charge in [0.05, 0.1) is 0 Å². The van der Waals surface area contributed by atoms with Gasteiger partial charge < -0.3 is 10.2 Å². The van der Waals surface area contributed by atoms with E-state index >= 15 is 0 Å². The van der Waals surface area contributed by atoms with Gasteiger partial charge in [-0.2, -0.15) is 0 Å². The van der Waals surface area contributed by atoms with Gasteiger partial charge in [0.25, 0.3) is 0 Å². The van der Waals surface area contributed by atoms with E-state index in [2.05, 4.69) is 17.4 Å². The van der Waals surface area contributed by atoms with E-state index in [0.717, 1.165) is 19.3 Å². The molecule has 1 aliphatic heterocycles. The van der Waals surface area contributed by atoms with Crippen LogP contribution in [0, 0.1) is 5.41 Å². The summed E-state index contributed by atoms with van der Waals surface area (Å²) in [6, 6.07) is 8.48. The van der Waals surface area contributed by atoms with E-state index in [1.165, 1.54) is 30.4 Å². The van der Waals surface area contributed by atoms with Crippen molar-refractivity contribution in [2.24, 2.45) is 5.41 Å². The Morgan fingerprint density at radius 1 is 1.08 bits per heavy atom. The van der Waals surface area contributed by atoms with Crippen LogP contribution in [0.5, 0.6) is 0 Å². The summed E-state index contributed by atoms with van der Waals surface area (Å²) >= 11 is 0. The molecule has 1 saturated carbocycles. The Morgan fingerprint density at radius 2 is 1.75 bits per heavy atom. The summed E-state index contributed by atoms with van der Waals surface area (Å²) in [5.41, 5.74) is 1.50. The number of carbonyl (C=O) groups excluding carboxylic acids is 2. The topological polar surface area (TPSA) is 49.4 Å². The summed E-state index contributed by atoms with van der Waals surface area (Å²) in [6.07, 6.45) is 6.52. The predicted molar refractivity (Wildman–Crippen MR) is 94.4 cm³/mol. The van der Waals surface area contributed by atoms with Crippen LogP contribution in [0.1, 0.15) is 57.1 Å². The minimum Gasteiger partial charge on any atom is -0.352 e. The summed E-state index contributed by atoms with van der Waals surface area (Å²) in [5, 5.41) is 3.11. The minimum atomic E-state index is -1.01. The number of benzene rings is 1. The van der Waals surface area contributed by atoms with Crippen LogP contribution in [0.25, 0.3) is 0 Å². The highest BCUT2D eigenvalue weighted by molar-refractivity contribution is 6.04. The second kappa shape index (κ2) is 6.96.